The predicted octanol–water partition coefficient (Wildman–Crippen LogP) is 3.88. The number of hydrogen-bond acceptors (Lipinski definition) is 7. The molecule has 0 unspecified atom stereocenters. The van der Waals surface area contributed by atoms with Crippen molar-refractivity contribution in [3.63, 3.8) is 0 Å². The Morgan fingerprint density at radius 2 is 1.73 bits per heavy atom. The molecule has 0 atom stereocenters. The molecule has 0 fully saturated rings. The Morgan fingerprint density at radius 1 is 1.03 bits per heavy atom. The molecule has 10 heteroatoms. The van der Waals surface area contributed by atoms with Gasteiger partial charge in [0.05, 0.1) is 29.9 Å². The molecule has 170 valence electrons. The van der Waals surface area contributed by atoms with Crippen molar-refractivity contribution in [1.82, 2.24) is 30.0 Å². The molecule has 1 N–H and O–H groups in total. The van der Waals surface area contributed by atoms with Crippen LogP contribution >= 0.6 is 11.8 Å². The van der Waals surface area contributed by atoms with Gasteiger partial charge in [-0.3, -0.25) is 4.79 Å². The first kappa shape index (κ1) is 22.5. The van der Waals surface area contributed by atoms with Gasteiger partial charge in [0.2, 0.25) is 11.1 Å². The Kier molecular flexibility index (Phi) is 6.45. The summed E-state index contributed by atoms with van der Waals surface area (Å²) in [5.74, 6) is 1.32. The predicted molar refractivity (Wildman–Crippen MR) is 127 cm³/mol. The SMILES string of the molecule is COc1ccc(-n2nnnc2SCC(=O)Nc2cc(C(C)(C)C)nn2-c2ccccc2)cc1. The van der Waals surface area contributed by atoms with Gasteiger partial charge in [-0.2, -0.15) is 9.78 Å². The van der Waals surface area contributed by atoms with Crippen LogP contribution in [0.2, 0.25) is 0 Å². The normalized spacial score (nSPS) is 11.4. The minimum Gasteiger partial charge on any atom is -0.497 e. The molecule has 0 saturated carbocycles. The van der Waals surface area contributed by atoms with Crippen LogP contribution in [0.1, 0.15) is 26.5 Å². The molecular weight excluding hydrogens is 438 g/mol. The first-order chi connectivity index (χ1) is 15.8. The summed E-state index contributed by atoms with van der Waals surface area (Å²) in [7, 11) is 1.61. The van der Waals surface area contributed by atoms with Gasteiger partial charge in [-0.15, -0.1) is 5.10 Å². The quantitative estimate of drug-likeness (QED) is 0.415. The first-order valence-electron chi connectivity index (χ1n) is 10.4. The second kappa shape index (κ2) is 9.45. The van der Waals surface area contributed by atoms with Crippen LogP contribution in [0.5, 0.6) is 5.75 Å². The van der Waals surface area contributed by atoms with E-state index in [4.69, 9.17) is 9.84 Å². The highest BCUT2D eigenvalue weighted by Crippen LogP contribution is 2.27. The van der Waals surface area contributed by atoms with E-state index < -0.39 is 0 Å². The number of nitrogens with zero attached hydrogens (tertiary/aromatic N) is 6. The Hall–Kier alpha value is -3.66. The summed E-state index contributed by atoms with van der Waals surface area (Å²) in [4.78, 5) is 12.8. The zero-order valence-corrected chi connectivity index (χ0v) is 19.7. The highest BCUT2D eigenvalue weighted by Gasteiger charge is 2.22. The molecule has 2 aromatic carbocycles. The maximum atomic E-state index is 12.8. The number of rotatable bonds is 7. The van der Waals surface area contributed by atoms with Crippen LogP contribution in [0.15, 0.2) is 65.8 Å². The number of tetrazole rings is 1. The number of amides is 1. The van der Waals surface area contributed by atoms with Gasteiger partial charge in [0.1, 0.15) is 11.6 Å². The van der Waals surface area contributed by atoms with Gasteiger partial charge < -0.3 is 10.1 Å². The van der Waals surface area contributed by atoms with Gasteiger partial charge in [-0.1, -0.05) is 50.7 Å². The summed E-state index contributed by atoms with van der Waals surface area (Å²) in [5.41, 5.74) is 2.38. The third-order valence-electron chi connectivity index (χ3n) is 4.84. The van der Waals surface area contributed by atoms with Gasteiger partial charge in [-0.05, 0) is 46.8 Å². The summed E-state index contributed by atoms with van der Waals surface area (Å²) in [6, 6.07) is 19.0. The van der Waals surface area contributed by atoms with Gasteiger partial charge in [0, 0.05) is 11.5 Å². The number of carbonyl (C=O) groups is 1. The molecule has 0 aliphatic rings. The average Bonchev–Trinajstić information content (AvgIpc) is 3.45. The molecule has 9 nitrogen and oxygen atoms in total. The van der Waals surface area contributed by atoms with Crippen LogP contribution in [0.25, 0.3) is 11.4 Å². The van der Waals surface area contributed by atoms with E-state index >= 15 is 0 Å². The Labute approximate surface area is 196 Å². The van der Waals surface area contributed by atoms with Crippen LogP contribution < -0.4 is 10.1 Å². The highest BCUT2D eigenvalue weighted by molar-refractivity contribution is 7.99. The Morgan fingerprint density at radius 3 is 2.39 bits per heavy atom. The van der Waals surface area contributed by atoms with Crippen molar-refractivity contribution < 1.29 is 9.53 Å². The Balaban J connectivity index is 1.49. The van der Waals surface area contributed by atoms with E-state index in [-0.39, 0.29) is 17.1 Å². The molecule has 0 aliphatic carbocycles. The van der Waals surface area contributed by atoms with Crippen molar-refractivity contribution in [2.45, 2.75) is 31.3 Å². The molecule has 1 amide bonds. The van der Waals surface area contributed by atoms with E-state index in [1.165, 1.54) is 11.8 Å². The summed E-state index contributed by atoms with van der Waals surface area (Å²) in [6.07, 6.45) is 0. The lowest BCUT2D eigenvalue weighted by molar-refractivity contribution is -0.113. The number of ether oxygens (including phenoxy) is 1. The largest absolute Gasteiger partial charge is 0.497 e. The van der Waals surface area contributed by atoms with Crippen molar-refractivity contribution in [3.8, 4) is 17.1 Å². The van der Waals surface area contributed by atoms with Crippen molar-refractivity contribution in [1.29, 1.82) is 0 Å². The van der Waals surface area contributed by atoms with Crippen LogP contribution in [0.3, 0.4) is 0 Å². The number of hydrogen-bond donors (Lipinski definition) is 1. The zero-order valence-electron chi connectivity index (χ0n) is 18.9. The van der Waals surface area contributed by atoms with Crippen LogP contribution in [-0.4, -0.2) is 48.8 Å². The summed E-state index contributed by atoms with van der Waals surface area (Å²) in [5, 5.41) is 20.1. The highest BCUT2D eigenvalue weighted by atomic mass is 32.2. The van der Waals surface area contributed by atoms with Gasteiger partial charge in [-0.25, -0.2) is 4.68 Å². The first-order valence-corrected chi connectivity index (χ1v) is 11.3. The van der Waals surface area contributed by atoms with Gasteiger partial charge in [0.15, 0.2) is 0 Å². The number of aromatic nitrogens is 6. The molecule has 0 aliphatic heterocycles. The number of anilines is 1. The second-order valence-corrected chi connectivity index (χ2v) is 9.26. The molecule has 4 aromatic rings. The molecule has 0 saturated heterocycles. The second-order valence-electron chi connectivity index (χ2n) is 8.32. The molecule has 0 bridgehead atoms. The Bertz CT molecular complexity index is 1230. The summed E-state index contributed by atoms with van der Waals surface area (Å²) < 4.78 is 8.53. The van der Waals surface area contributed by atoms with Crippen molar-refractivity contribution in [3.05, 3.63) is 66.4 Å². The number of nitrogens with one attached hydrogen (secondary N) is 1. The minimum absolute atomic E-state index is 0.140. The van der Waals surface area contributed by atoms with Crippen molar-refractivity contribution in [2.24, 2.45) is 0 Å². The molecule has 33 heavy (non-hydrogen) atoms. The molecule has 2 aromatic heterocycles. The lowest BCUT2D eigenvalue weighted by atomic mass is 9.92. The molecular formula is C23H25N7O2S. The van der Waals surface area contributed by atoms with Crippen LogP contribution in [0.4, 0.5) is 5.82 Å². The number of benzene rings is 2. The fraction of sp³-hybridized carbons (Fsp3) is 0.261. The van der Waals surface area contributed by atoms with E-state index in [0.717, 1.165) is 22.8 Å². The summed E-state index contributed by atoms with van der Waals surface area (Å²) >= 11 is 1.25. The third-order valence-corrected chi connectivity index (χ3v) is 5.76. The average molecular weight is 464 g/mol. The lowest BCUT2D eigenvalue weighted by Crippen LogP contribution is -2.17. The van der Waals surface area contributed by atoms with E-state index in [0.29, 0.717) is 11.0 Å². The van der Waals surface area contributed by atoms with Crippen LogP contribution in [0, 0.1) is 0 Å². The molecule has 4 rings (SSSR count). The number of thioether (sulfide) groups is 1. The number of para-hydroxylation sites is 1. The van der Waals surface area contributed by atoms with E-state index in [1.54, 1.807) is 16.5 Å². The lowest BCUT2D eigenvalue weighted by Gasteiger charge is -2.14. The van der Waals surface area contributed by atoms with E-state index in [1.807, 2.05) is 60.7 Å². The smallest absolute Gasteiger partial charge is 0.236 e. The number of carbonyl (C=O) groups excluding carboxylic acids is 1. The maximum Gasteiger partial charge on any atom is 0.236 e. The van der Waals surface area contributed by atoms with Gasteiger partial charge in [0.25, 0.3) is 0 Å². The topological polar surface area (TPSA) is 99.8 Å². The minimum atomic E-state index is -0.179. The summed E-state index contributed by atoms with van der Waals surface area (Å²) in [6.45, 7) is 6.27. The molecule has 0 radical (unpaired) electrons. The monoisotopic (exact) mass is 463 g/mol. The van der Waals surface area contributed by atoms with E-state index in [9.17, 15) is 4.79 Å². The standard InChI is InChI=1S/C23H25N7O2S/c1-23(2,3)19-14-20(29(26-19)16-8-6-5-7-9-16)24-21(31)15-33-22-25-27-28-30(22)17-10-12-18(32-4)13-11-17/h5-14H,15H2,1-4H3,(H,24,31). The maximum absolute atomic E-state index is 12.8. The molecule has 0 spiro atoms. The van der Waals surface area contributed by atoms with Crippen molar-refractivity contribution in [2.75, 3.05) is 18.2 Å². The fourth-order valence-electron chi connectivity index (χ4n) is 3.07. The fourth-order valence-corrected chi connectivity index (χ4v) is 3.76. The van der Waals surface area contributed by atoms with Gasteiger partial charge >= 0.3 is 0 Å². The van der Waals surface area contributed by atoms with E-state index in [2.05, 4.69) is 41.6 Å². The zero-order chi connectivity index (χ0) is 23.4. The van der Waals surface area contributed by atoms with Crippen LogP contribution in [-0.2, 0) is 10.2 Å². The van der Waals surface area contributed by atoms with Crippen molar-refractivity contribution >= 4 is 23.5 Å². The number of methoxy groups -OCH3 is 1. The molecule has 2 heterocycles. The third kappa shape index (κ3) is 5.23.